The number of carboxylic acid groups (broad SMARTS) is 3. The average Bonchev–Trinajstić information content (AvgIpc) is 2.16. The second-order valence-electron chi connectivity index (χ2n) is 2.71. The third-order valence-corrected chi connectivity index (χ3v) is 1.67. The van der Waals surface area contributed by atoms with Crippen molar-refractivity contribution in [3.05, 3.63) is 34.9 Å². The van der Waals surface area contributed by atoms with Crippen LogP contribution in [0.4, 0.5) is 0 Å². The molecule has 0 fully saturated rings. The van der Waals surface area contributed by atoms with Crippen molar-refractivity contribution in [3.63, 3.8) is 0 Å². The fourth-order valence-electron chi connectivity index (χ4n) is 0.998. The van der Waals surface area contributed by atoms with Crippen LogP contribution >= 0.6 is 0 Å². The van der Waals surface area contributed by atoms with Crippen LogP contribution < -0.4 is 0 Å². The van der Waals surface area contributed by atoms with Crippen LogP contribution in [0.1, 0.15) is 31.1 Å². The summed E-state index contributed by atoms with van der Waals surface area (Å²) < 4.78 is 0. The molecule has 0 aromatic heterocycles. The van der Waals surface area contributed by atoms with E-state index >= 15 is 0 Å². The highest BCUT2D eigenvalue weighted by atomic mass is 16.4. The molecule has 1 aromatic carbocycles. The second-order valence-corrected chi connectivity index (χ2v) is 2.71. The first-order chi connectivity index (χ1) is 6.91. The number of hydrogen-bond donors (Lipinski definition) is 3. The van der Waals surface area contributed by atoms with Gasteiger partial charge in [0.25, 0.3) is 0 Å². The van der Waals surface area contributed by atoms with E-state index in [4.69, 9.17) is 15.3 Å². The largest absolute Gasteiger partial charge is 0.478 e. The second kappa shape index (κ2) is 4.89. The van der Waals surface area contributed by atoms with Crippen molar-refractivity contribution in [1.82, 2.24) is 0 Å². The number of hydrogen-bond acceptors (Lipinski definition) is 3. The molecule has 0 atom stereocenters. The number of carboxylic acids is 3. The molecule has 0 aliphatic carbocycles. The van der Waals surface area contributed by atoms with E-state index < -0.39 is 17.9 Å². The van der Waals surface area contributed by atoms with Crippen LogP contribution in [0.3, 0.4) is 0 Å². The molecule has 16 heavy (non-hydrogen) atoms. The highest BCUT2D eigenvalue weighted by molar-refractivity contribution is 5.98. The van der Waals surface area contributed by atoms with Gasteiger partial charge in [-0.2, -0.15) is 0 Å². The van der Waals surface area contributed by atoms with Crippen LogP contribution in [0.2, 0.25) is 0 Å². The number of carbonyl (C=O) groups is 3. The third kappa shape index (κ3) is 2.79. The fourth-order valence-corrected chi connectivity index (χ4v) is 0.998. The third-order valence-electron chi connectivity index (χ3n) is 1.67. The predicted molar refractivity (Wildman–Crippen MR) is 50.9 cm³/mol. The highest BCUT2D eigenvalue weighted by Gasteiger charge is 2.14. The van der Waals surface area contributed by atoms with Crippen molar-refractivity contribution in [3.8, 4) is 0 Å². The van der Waals surface area contributed by atoms with Gasteiger partial charge in [0.1, 0.15) is 0 Å². The Labute approximate surface area is 88.9 Å². The zero-order valence-electron chi connectivity index (χ0n) is 7.80. The zero-order chi connectivity index (χ0) is 11.6. The van der Waals surface area contributed by atoms with E-state index in [1.807, 2.05) is 0 Å². The van der Waals surface area contributed by atoms with Crippen LogP contribution in [0, 0.1) is 0 Å². The molecule has 1 aromatic rings. The lowest BCUT2D eigenvalue weighted by atomic mass is 10.1. The lowest BCUT2D eigenvalue weighted by molar-refractivity contribution is 0.0696. The molecule has 5 N–H and O–H groups in total. The lowest BCUT2D eigenvalue weighted by Gasteiger charge is -2.00. The van der Waals surface area contributed by atoms with E-state index in [9.17, 15) is 14.4 Å². The minimum atomic E-state index is -1.37. The summed E-state index contributed by atoms with van der Waals surface area (Å²) in [7, 11) is 0. The Morgan fingerprint density at radius 2 is 0.875 bits per heavy atom. The molecular weight excluding hydrogens is 220 g/mol. The van der Waals surface area contributed by atoms with E-state index in [1.54, 1.807) is 0 Å². The molecule has 0 aliphatic rings. The molecule has 7 nitrogen and oxygen atoms in total. The Kier molecular flexibility index (Phi) is 4.16. The van der Waals surface area contributed by atoms with Crippen molar-refractivity contribution in [2.24, 2.45) is 0 Å². The molecule has 0 bridgehead atoms. The van der Waals surface area contributed by atoms with Gasteiger partial charge >= 0.3 is 17.9 Å². The van der Waals surface area contributed by atoms with Crippen molar-refractivity contribution in [1.29, 1.82) is 0 Å². The van der Waals surface area contributed by atoms with Crippen LogP contribution in [-0.4, -0.2) is 38.7 Å². The maximum Gasteiger partial charge on any atom is 0.335 e. The first-order valence-electron chi connectivity index (χ1n) is 3.77. The van der Waals surface area contributed by atoms with E-state index in [-0.39, 0.29) is 22.2 Å². The maximum atomic E-state index is 10.6. The predicted octanol–water partition coefficient (Wildman–Crippen LogP) is -0.0435. The quantitative estimate of drug-likeness (QED) is 0.661. The number of rotatable bonds is 3. The molecular formula is C9H8O7. The summed E-state index contributed by atoms with van der Waals surface area (Å²) in [5.41, 5.74) is -1.10. The van der Waals surface area contributed by atoms with Gasteiger partial charge in [0.05, 0.1) is 16.7 Å². The summed E-state index contributed by atoms with van der Waals surface area (Å²) in [5, 5.41) is 25.8. The van der Waals surface area contributed by atoms with Gasteiger partial charge in [-0.25, -0.2) is 14.4 Å². The Morgan fingerprint density at radius 3 is 1.00 bits per heavy atom. The van der Waals surface area contributed by atoms with Crippen LogP contribution in [-0.2, 0) is 0 Å². The molecule has 0 saturated carbocycles. The summed E-state index contributed by atoms with van der Waals surface area (Å²) >= 11 is 0. The van der Waals surface area contributed by atoms with Crippen molar-refractivity contribution >= 4 is 17.9 Å². The number of aromatic carboxylic acids is 3. The van der Waals surface area contributed by atoms with Crippen molar-refractivity contribution in [2.45, 2.75) is 0 Å². The SMILES string of the molecule is O.O=C(O)c1cc(C(=O)O)cc(C(=O)O)c1. The van der Waals surface area contributed by atoms with Gasteiger partial charge in [-0.15, -0.1) is 0 Å². The molecule has 1 rings (SSSR count). The minimum absolute atomic E-state index is 0. The van der Waals surface area contributed by atoms with Crippen molar-refractivity contribution < 1.29 is 35.2 Å². The van der Waals surface area contributed by atoms with Gasteiger partial charge in [0.2, 0.25) is 0 Å². The van der Waals surface area contributed by atoms with Gasteiger partial charge in [-0.3, -0.25) is 0 Å². The molecule has 86 valence electrons. The van der Waals surface area contributed by atoms with Gasteiger partial charge in [-0.05, 0) is 18.2 Å². The Balaban J connectivity index is 0.00000225. The topological polar surface area (TPSA) is 143 Å². The molecule has 0 amide bonds. The summed E-state index contributed by atoms with van der Waals surface area (Å²) in [5.74, 6) is -4.12. The van der Waals surface area contributed by atoms with E-state index in [0.29, 0.717) is 0 Å². The summed E-state index contributed by atoms with van der Waals surface area (Å²) in [6, 6.07) is 2.70. The van der Waals surface area contributed by atoms with E-state index in [0.717, 1.165) is 18.2 Å². The van der Waals surface area contributed by atoms with Gasteiger partial charge in [-0.1, -0.05) is 0 Å². The number of benzene rings is 1. The lowest BCUT2D eigenvalue weighted by Crippen LogP contribution is -2.07. The van der Waals surface area contributed by atoms with E-state index in [2.05, 4.69) is 0 Å². The van der Waals surface area contributed by atoms with Gasteiger partial charge in [0, 0.05) is 0 Å². The van der Waals surface area contributed by atoms with Gasteiger partial charge < -0.3 is 20.8 Å². The van der Waals surface area contributed by atoms with Gasteiger partial charge in [0.15, 0.2) is 0 Å². The molecule has 0 radical (unpaired) electrons. The van der Waals surface area contributed by atoms with Crippen molar-refractivity contribution in [2.75, 3.05) is 0 Å². The van der Waals surface area contributed by atoms with E-state index in [1.165, 1.54) is 0 Å². The molecule has 0 unspecified atom stereocenters. The Hall–Kier alpha value is -2.41. The van der Waals surface area contributed by atoms with Crippen LogP contribution in [0.25, 0.3) is 0 Å². The normalized spacial score (nSPS) is 9.00. The van der Waals surface area contributed by atoms with Crippen LogP contribution in [0.15, 0.2) is 18.2 Å². The summed E-state index contributed by atoms with van der Waals surface area (Å²) in [6.45, 7) is 0. The minimum Gasteiger partial charge on any atom is -0.478 e. The average molecular weight is 228 g/mol. The Morgan fingerprint density at radius 1 is 0.688 bits per heavy atom. The molecule has 0 spiro atoms. The molecule has 0 heterocycles. The first kappa shape index (κ1) is 13.6. The fraction of sp³-hybridized carbons (Fsp3) is 0. The summed E-state index contributed by atoms with van der Waals surface area (Å²) in [6.07, 6.45) is 0. The highest BCUT2D eigenvalue weighted by Crippen LogP contribution is 2.11. The smallest absolute Gasteiger partial charge is 0.335 e. The monoisotopic (exact) mass is 228 g/mol. The first-order valence-corrected chi connectivity index (χ1v) is 3.77. The molecule has 0 aliphatic heterocycles. The molecule has 7 heteroatoms. The zero-order valence-corrected chi connectivity index (χ0v) is 7.80. The molecule has 0 saturated heterocycles. The maximum absolute atomic E-state index is 10.6. The van der Waals surface area contributed by atoms with Crippen LogP contribution in [0.5, 0.6) is 0 Å². The Bertz CT molecular complexity index is 370. The summed E-state index contributed by atoms with van der Waals surface area (Å²) in [4.78, 5) is 31.7. The standard InChI is InChI=1S/C9H6O6.H2O/c10-7(11)4-1-5(8(12)13)3-6(2-4)9(14)15;/h1-3H,(H,10,11)(H,12,13)(H,14,15);1H2.